The van der Waals surface area contributed by atoms with E-state index in [0.29, 0.717) is 12.1 Å². The van der Waals surface area contributed by atoms with Crippen LogP contribution in [0, 0.1) is 21.7 Å². The number of benzene rings is 2. The second kappa shape index (κ2) is 6.82. The van der Waals surface area contributed by atoms with E-state index in [4.69, 9.17) is 9.47 Å². The molecule has 2 rings (SSSR count). The summed E-state index contributed by atoms with van der Waals surface area (Å²) in [6.07, 6.45) is 0. The number of carbonyl (C=O) groups excluding carboxylic acids is 1. The second-order valence-electron chi connectivity index (χ2n) is 4.34. The minimum absolute atomic E-state index is 0.123. The maximum absolute atomic E-state index is 13.6. The molecule has 2 aromatic rings. The highest BCUT2D eigenvalue weighted by Gasteiger charge is 2.20. The largest absolute Gasteiger partial charge is 0.462 e. The molecule has 0 saturated heterocycles. The van der Waals surface area contributed by atoms with Crippen LogP contribution in [-0.4, -0.2) is 17.5 Å². The third-order valence-electron chi connectivity index (χ3n) is 2.79. The lowest BCUT2D eigenvalue weighted by Crippen LogP contribution is -2.04. The van der Waals surface area contributed by atoms with Crippen molar-refractivity contribution in [1.29, 1.82) is 0 Å². The van der Waals surface area contributed by atoms with Gasteiger partial charge in [0.1, 0.15) is 5.75 Å². The van der Waals surface area contributed by atoms with E-state index in [2.05, 4.69) is 0 Å². The number of nitro benzene ring substituents is 1. The standard InChI is InChI=1S/C15H11F2NO5/c1-2-22-15(19)9-3-5-10(6-4-9)23-14-8-13(18(20)21)11(16)7-12(14)17/h3-8H,2H2,1H3. The summed E-state index contributed by atoms with van der Waals surface area (Å²) in [7, 11) is 0. The molecule has 0 aliphatic heterocycles. The van der Waals surface area contributed by atoms with Gasteiger partial charge in [0.05, 0.1) is 23.2 Å². The number of halogens is 2. The molecule has 0 amide bonds. The lowest BCUT2D eigenvalue weighted by Gasteiger charge is -2.08. The molecular weight excluding hydrogens is 312 g/mol. The average molecular weight is 323 g/mol. The van der Waals surface area contributed by atoms with Crippen LogP contribution in [0.4, 0.5) is 14.5 Å². The van der Waals surface area contributed by atoms with Gasteiger partial charge in [0, 0.05) is 6.07 Å². The van der Waals surface area contributed by atoms with Gasteiger partial charge in [-0.25, -0.2) is 9.18 Å². The SMILES string of the molecule is CCOC(=O)c1ccc(Oc2cc([N+](=O)[O-])c(F)cc2F)cc1. The van der Waals surface area contributed by atoms with Crippen molar-refractivity contribution in [3.05, 3.63) is 63.7 Å². The summed E-state index contributed by atoms with van der Waals surface area (Å²) in [5, 5.41) is 10.7. The van der Waals surface area contributed by atoms with Gasteiger partial charge in [-0.3, -0.25) is 10.1 Å². The Hall–Kier alpha value is -3.03. The molecule has 0 aliphatic carbocycles. The fourth-order valence-corrected chi connectivity index (χ4v) is 1.74. The van der Waals surface area contributed by atoms with Crippen molar-refractivity contribution in [3.63, 3.8) is 0 Å². The summed E-state index contributed by atoms with van der Waals surface area (Å²) in [5.74, 6) is -3.28. The number of carbonyl (C=O) groups is 1. The zero-order valence-corrected chi connectivity index (χ0v) is 11.9. The minimum Gasteiger partial charge on any atom is -0.462 e. The van der Waals surface area contributed by atoms with Gasteiger partial charge in [0.2, 0.25) is 5.82 Å². The molecule has 0 aromatic heterocycles. The fourth-order valence-electron chi connectivity index (χ4n) is 1.74. The summed E-state index contributed by atoms with van der Waals surface area (Å²) < 4.78 is 36.8. The van der Waals surface area contributed by atoms with Crippen LogP contribution in [-0.2, 0) is 4.74 Å². The van der Waals surface area contributed by atoms with Gasteiger partial charge >= 0.3 is 11.7 Å². The Kier molecular flexibility index (Phi) is 4.85. The van der Waals surface area contributed by atoms with E-state index in [0.717, 1.165) is 0 Å². The second-order valence-corrected chi connectivity index (χ2v) is 4.34. The van der Waals surface area contributed by atoms with E-state index in [1.165, 1.54) is 24.3 Å². The van der Waals surface area contributed by atoms with E-state index in [1.54, 1.807) is 6.92 Å². The lowest BCUT2D eigenvalue weighted by molar-refractivity contribution is -0.387. The van der Waals surface area contributed by atoms with E-state index >= 15 is 0 Å². The molecule has 0 fully saturated rings. The summed E-state index contributed by atoms with van der Waals surface area (Å²) in [4.78, 5) is 21.2. The van der Waals surface area contributed by atoms with E-state index < -0.39 is 34.0 Å². The zero-order chi connectivity index (χ0) is 17.0. The van der Waals surface area contributed by atoms with Gasteiger partial charge in [-0.15, -0.1) is 0 Å². The molecule has 0 atom stereocenters. The zero-order valence-electron chi connectivity index (χ0n) is 11.9. The van der Waals surface area contributed by atoms with Gasteiger partial charge in [-0.2, -0.15) is 4.39 Å². The Labute approximate surface area is 129 Å². The Morgan fingerprint density at radius 3 is 2.39 bits per heavy atom. The van der Waals surface area contributed by atoms with Gasteiger partial charge in [0.15, 0.2) is 11.6 Å². The maximum Gasteiger partial charge on any atom is 0.338 e. The van der Waals surface area contributed by atoms with Gasteiger partial charge < -0.3 is 9.47 Å². The van der Waals surface area contributed by atoms with Crippen LogP contribution in [0.3, 0.4) is 0 Å². The lowest BCUT2D eigenvalue weighted by atomic mass is 10.2. The first-order valence-corrected chi connectivity index (χ1v) is 6.51. The third kappa shape index (κ3) is 3.79. The van der Waals surface area contributed by atoms with Crippen molar-refractivity contribution in [1.82, 2.24) is 0 Å². The van der Waals surface area contributed by atoms with Crippen LogP contribution in [0.1, 0.15) is 17.3 Å². The quantitative estimate of drug-likeness (QED) is 0.474. The number of esters is 1. The van der Waals surface area contributed by atoms with Crippen molar-refractivity contribution >= 4 is 11.7 Å². The third-order valence-corrected chi connectivity index (χ3v) is 2.79. The monoisotopic (exact) mass is 323 g/mol. The van der Waals surface area contributed by atoms with E-state index in [9.17, 15) is 23.7 Å². The normalized spacial score (nSPS) is 10.2. The fraction of sp³-hybridized carbons (Fsp3) is 0.133. The molecule has 0 N–H and O–H groups in total. The summed E-state index contributed by atoms with van der Waals surface area (Å²) in [6, 6.07) is 6.54. The molecule has 2 aromatic carbocycles. The number of nitrogens with zero attached hydrogens (tertiary/aromatic N) is 1. The number of ether oxygens (including phenoxy) is 2. The molecule has 120 valence electrons. The predicted octanol–water partition coefficient (Wildman–Crippen LogP) is 3.84. The first-order valence-electron chi connectivity index (χ1n) is 6.51. The summed E-state index contributed by atoms with van der Waals surface area (Å²) in [5.41, 5.74) is -0.630. The molecular formula is C15H11F2NO5. The molecule has 0 saturated carbocycles. The van der Waals surface area contributed by atoms with Crippen molar-refractivity contribution in [3.8, 4) is 11.5 Å². The van der Waals surface area contributed by atoms with Crippen LogP contribution in [0.15, 0.2) is 36.4 Å². The van der Waals surface area contributed by atoms with Crippen molar-refractivity contribution in [2.24, 2.45) is 0 Å². The van der Waals surface area contributed by atoms with Crippen LogP contribution >= 0.6 is 0 Å². The molecule has 0 spiro atoms. The van der Waals surface area contributed by atoms with E-state index in [-0.39, 0.29) is 17.9 Å². The van der Waals surface area contributed by atoms with Crippen molar-refractivity contribution < 1.29 is 28.0 Å². The van der Waals surface area contributed by atoms with Crippen LogP contribution in [0.2, 0.25) is 0 Å². The van der Waals surface area contributed by atoms with Gasteiger partial charge in [-0.1, -0.05) is 0 Å². The van der Waals surface area contributed by atoms with E-state index in [1.807, 2.05) is 0 Å². The molecule has 23 heavy (non-hydrogen) atoms. The maximum atomic E-state index is 13.6. The van der Waals surface area contributed by atoms with Crippen LogP contribution < -0.4 is 4.74 Å². The van der Waals surface area contributed by atoms with Crippen molar-refractivity contribution in [2.45, 2.75) is 6.92 Å². The van der Waals surface area contributed by atoms with Crippen LogP contribution in [0.5, 0.6) is 11.5 Å². The Bertz CT molecular complexity index is 746. The molecule has 0 aliphatic rings. The first kappa shape index (κ1) is 16.3. The molecule has 0 bridgehead atoms. The first-order chi connectivity index (χ1) is 10.9. The Morgan fingerprint density at radius 2 is 1.83 bits per heavy atom. The van der Waals surface area contributed by atoms with Crippen LogP contribution in [0.25, 0.3) is 0 Å². The Morgan fingerprint density at radius 1 is 1.17 bits per heavy atom. The number of rotatable bonds is 5. The highest BCUT2D eigenvalue weighted by molar-refractivity contribution is 5.89. The number of hydrogen-bond acceptors (Lipinski definition) is 5. The highest BCUT2D eigenvalue weighted by Crippen LogP contribution is 2.30. The predicted molar refractivity (Wildman–Crippen MR) is 75.5 cm³/mol. The van der Waals surface area contributed by atoms with Crippen molar-refractivity contribution in [2.75, 3.05) is 6.61 Å². The van der Waals surface area contributed by atoms with Gasteiger partial charge in [0.25, 0.3) is 0 Å². The smallest absolute Gasteiger partial charge is 0.338 e. The minimum atomic E-state index is -1.29. The Balaban J connectivity index is 2.24. The average Bonchev–Trinajstić information content (AvgIpc) is 2.50. The molecule has 0 heterocycles. The highest BCUT2D eigenvalue weighted by atomic mass is 19.1. The summed E-state index contributed by atoms with van der Waals surface area (Å²) in [6.45, 7) is 1.89. The number of nitro groups is 1. The topological polar surface area (TPSA) is 78.7 Å². The molecule has 0 unspecified atom stereocenters. The molecule has 6 nitrogen and oxygen atoms in total. The number of hydrogen-bond donors (Lipinski definition) is 0. The molecule has 8 heteroatoms. The molecule has 0 radical (unpaired) electrons. The van der Waals surface area contributed by atoms with Gasteiger partial charge in [-0.05, 0) is 31.2 Å². The summed E-state index contributed by atoms with van der Waals surface area (Å²) >= 11 is 0.